The van der Waals surface area contributed by atoms with Gasteiger partial charge in [0.2, 0.25) is 5.91 Å². The molecule has 0 aliphatic rings. The summed E-state index contributed by atoms with van der Waals surface area (Å²) in [7, 11) is 0. The molecule has 0 fully saturated rings. The molecule has 0 spiro atoms. The molecule has 10 heteroatoms. The van der Waals surface area contributed by atoms with E-state index in [2.05, 4.69) is 20.6 Å². The lowest BCUT2D eigenvalue weighted by Crippen LogP contribution is -2.27. The molecular formula is C22H22ClF2N5O2. The summed E-state index contributed by atoms with van der Waals surface area (Å²) in [6.45, 7) is -0.213. The van der Waals surface area contributed by atoms with Crippen molar-refractivity contribution in [1.29, 1.82) is 0 Å². The highest BCUT2D eigenvalue weighted by Gasteiger charge is 2.33. The van der Waals surface area contributed by atoms with Crippen molar-refractivity contribution in [2.75, 3.05) is 11.9 Å². The van der Waals surface area contributed by atoms with Gasteiger partial charge in [-0.15, -0.1) is 0 Å². The van der Waals surface area contributed by atoms with E-state index in [0.717, 1.165) is 11.1 Å². The highest BCUT2D eigenvalue weighted by Crippen LogP contribution is 2.31. The number of carbonyl (C=O) groups excluding carboxylic acids is 1. The second-order valence-corrected chi connectivity index (χ2v) is 7.39. The fourth-order valence-electron chi connectivity index (χ4n) is 2.98. The summed E-state index contributed by atoms with van der Waals surface area (Å²) in [5, 5.41) is 15.3. The number of nitrogens with two attached hydrogens (primary N) is 1. The van der Waals surface area contributed by atoms with Gasteiger partial charge in [0.1, 0.15) is 11.5 Å². The van der Waals surface area contributed by atoms with E-state index in [1.54, 1.807) is 6.07 Å². The maximum absolute atomic E-state index is 14.3. The average Bonchev–Trinajstić information content (AvgIpc) is 2.80. The summed E-state index contributed by atoms with van der Waals surface area (Å²) in [5.74, 6) is -4.07. The minimum Gasteiger partial charge on any atom is -0.505 e. The van der Waals surface area contributed by atoms with Crippen molar-refractivity contribution >= 4 is 23.3 Å². The maximum Gasteiger partial charge on any atom is 0.306 e. The van der Waals surface area contributed by atoms with Gasteiger partial charge >= 0.3 is 5.92 Å². The van der Waals surface area contributed by atoms with E-state index in [4.69, 9.17) is 17.3 Å². The summed E-state index contributed by atoms with van der Waals surface area (Å²) >= 11 is 6.01. The number of aromatic nitrogens is 2. The Morgan fingerprint density at radius 2 is 1.88 bits per heavy atom. The van der Waals surface area contributed by atoms with Gasteiger partial charge in [0.25, 0.3) is 0 Å². The first-order valence-corrected chi connectivity index (χ1v) is 10.1. The first kappa shape index (κ1) is 23.4. The Morgan fingerprint density at radius 1 is 1.16 bits per heavy atom. The van der Waals surface area contributed by atoms with Crippen LogP contribution in [0.4, 0.5) is 14.6 Å². The Kier molecular flexibility index (Phi) is 7.55. The van der Waals surface area contributed by atoms with Gasteiger partial charge in [-0.1, -0.05) is 41.9 Å². The molecule has 1 aromatic carbocycles. The van der Waals surface area contributed by atoms with Crippen LogP contribution in [-0.4, -0.2) is 27.5 Å². The first-order valence-electron chi connectivity index (χ1n) is 9.75. The zero-order chi connectivity index (χ0) is 23.1. The maximum atomic E-state index is 14.3. The van der Waals surface area contributed by atoms with E-state index < -0.39 is 24.1 Å². The Hall–Kier alpha value is -3.30. The van der Waals surface area contributed by atoms with Gasteiger partial charge in [-0.25, -0.2) is 4.98 Å². The number of nitrogens with one attached hydrogen (secondary N) is 2. The smallest absolute Gasteiger partial charge is 0.306 e. The van der Waals surface area contributed by atoms with Gasteiger partial charge in [-0.05, 0) is 23.3 Å². The van der Waals surface area contributed by atoms with Gasteiger partial charge in [0.05, 0.1) is 23.7 Å². The summed E-state index contributed by atoms with van der Waals surface area (Å²) in [6.07, 6.45) is 0.990. The number of hydrogen-bond acceptors (Lipinski definition) is 6. The van der Waals surface area contributed by atoms with Gasteiger partial charge in [-0.3, -0.25) is 9.78 Å². The third-order valence-corrected chi connectivity index (χ3v) is 4.98. The van der Waals surface area contributed by atoms with Crippen molar-refractivity contribution < 1.29 is 18.7 Å². The van der Waals surface area contributed by atoms with Crippen LogP contribution < -0.4 is 16.4 Å². The number of anilines is 1. The van der Waals surface area contributed by atoms with Crippen LogP contribution in [0.15, 0.2) is 54.7 Å². The molecule has 0 radical (unpaired) electrons. The zero-order valence-corrected chi connectivity index (χ0v) is 17.7. The number of benzene rings is 1. The predicted molar refractivity (Wildman–Crippen MR) is 117 cm³/mol. The molecule has 0 bridgehead atoms. The minimum absolute atomic E-state index is 0.000293. The number of aromatic hydroxyl groups is 1. The molecule has 3 aromatic rings. The number of pyridine rings is 2. The molecule has 2 aromatic heterocycles. The number of carbonyl (C=O) groups is 1. The summed E-state index contributed by atoms with van der Waals surface area (Å²) in [4.78, 5) is 20.1. The number of nitrogens with zero attached hydrogens (tertiary/aromatic N) is 2. The lowest BCUT2D eigenvalue weighted by molar-refractivity contribution is -0.120. The van der Waals surface area contributed by atoms with Crippen LogP contribution >= 0.6 is 11.6 Å². The quantitative estimate of drug-likeness (QED) is 0.388. The molecule has 0 saturated carbocycles. The van der Waals surface area contributed by atoms with Crippen molar-refractivity contribution in [2.45, 2.75) is 25.4 Å². The number of alkyl halides is 2. The van der Waals surface area contributed by atoms with Crippen LogP contribution in [0.2, 0.25) is 5.02 Å². The van der Waals surface area contributed by atoms with Crippen LogP contribution in [-0.2, 0) is 30.2 Å². The van der Waals surface area contributed by atoms with Gasteiger partial charge < -0.3 is 21.5 Å². The molecule has 0 aliphatic heterocycles. The Labute approximate surface area is 188 Å². The molecule has 0 aliphatic carbocycles. The van der Waals surface area contributed by atoms with Crippen molar-refractivity contribution in [3.63, 3.8) is 0 Å². The van der Waals surface area contributed by atoms with Crippen LogP contribution in [0.5, 0.6) is 5.75 Å². The number of halogens is 3. The summed E-state index contributed by atoms with van der Waals surface area (Å²) in [6, 6.07) is 12.8. The molecule has 0 saturated heterocycles. The lowest BCUT2D eigenvalue weighted by atomic mass is 10.1. The van der Waals surface area contributed by atoms with Gasteiger partial charge in [-0.2, -0.15) is 8.78 Å². The van der Waals surface area contributed by atoms with E-state index in [9.17, 15) is 18.7 Å². The molecule has 0 unspecified atom stereocenters. The molecule has 32 heavy (non-hydrogen) atoms. The van der Waals surface area contributed by atoms with E-state index in [-0.39, 0.29) is 35.2 Å². The second-order valence-electron chi connectivity index (χ2n) is 6.98. The molecule has 1 amide bonds. The highest BCUT2D eigenvalue weighted by molar-refractivity contribution is 6.32. The fourth-order valence-corrected chi connectivity index (χ4v) is 3.19. The van der Waals surface area contributed by atoms with E-state index in [1.807, 2.05) is 24.3 Å². The summed E-state index contributed by atoms with van der Waals surface area (Å²) in [5.41, 5.74) is 7.03. The molecule has 3 rings (SSSR count). The van der Waals surface area contributed by atoms with Crippen LogP contribution in [0.25, 0.3) is 0 Å². The van der Waals surface area contributed by atoms with Crippen molar-refractivity contribution in [3.8, 4) is 5.75 Å². The Balaban J connectivity index is 1.66. The summed E-state index contributed by atoms with van der Waals surface area (Å²) < 4.78 is 28.7. The fraction of sp³-hybridized carbons (Fsp3) is 0.227. The lowest BCUT2D eigenvalue weighted by Gasteiger charge is -2.17. The molecule has 0 atom stereocenters. The third-order valence-electron chi connectivity index (χ3n) is 4.69. The topological polar surface area (TPSA) is 113 Å². The third kappa shape index (κ3) is 5.89. The molecular weight excluding hydrogens is 440 g/mol. The van der Waals surface area contributed by atoms with Gasteiger partial charge in [0, 0.05) is 25.4 Å². The van der Waals surface area contributed by atoms with Crippen LogP contribution in [0.1, 0.15) is 22.5 Å². The monoisotopic (exact) mass is 461 g/mol. The van der Waals surface area contributed by atoms with Crippen LogP contribution in [0.3, 0.4) is 0 Å². The van der Waals surface area contributed by atoms with Crippen molar-refractivity contribution in [1.82, 2.24) is 15.3 Å². The van der Waals surface area contributed by atoms with Crippen molar-refractivity contribution in [3.05, 3.63) is 82.3 Å². The molecule has 168 valence electrons. The number of hydrogen-bond donors (Lipinski definition) is 4. The number of amides is 1. The van der Waals surface area contributed by atoms with Crippen molar-refractivity contribution in [2.24, 2.45) is 5.73 Å². The largest absolute Gasteiger partial charge is 0.505 e. The Morgan fingerprint density at radius 3 is 2.56 bits per heavy atom. The van der Waals surface area contributed by atoms with Gasteiger partial charge in [0.15, 0.2) is 5.75 Å². The molecule has 5 N–H and O–H groups in total. The normalized spacial score (nSPS) is 11.2. The average molecular weight is 462 g/mol. The van der Waals surface area contributed by atoms with E-state index in [1.165, 1.54) is 24.4 Å². The standard InChI is InChI=1S/C22H22ClF2N5O2/c23-16-9-19(29-13-22(24,25)18-7-3-4-8-27-18)30-17(21(16)32)10-20(31)28-12-15-6-2-1-5-14(15)11-26/h1-9,32H,10-13,26H2,(H,28,31)(H,29,30). The highest BCUT2D eigenvalue weighted by atomic mass is 35.5. The second kappa shape index (κ2) is 10.3. The Bertz CT molecular complexity index is 1080. The SMILES string of the molecule is NCc1ccccc1CNC(=O)Cc1nc(NCC(F)(F)c2ccccn2)cc(Cl)c1O. The van der Waals surface area contributed by atoms with E-state index in [0.29, 0.717) is 6.54 Å². The zero-order valence-electron chi connectivity index (χ0n) is 17.0. The first-order chi connectivity index (χ1) is 15.3. The minimum atomic E-state index is -3.26. The number of rotatable bonds is 9. The molecule has 2 heterocycles. The predicted octanol–water partition coefficient (Wildman–Crippen LogP) is 3.36. The molecule has 7 nitrogen and oxygen atoms in total. The van der Waals surface area contributed by atoms with E-state index >= 15 is 0 Å². The van der Waals surface area contributed by atoms with Crippen LogP contribution in [0, 0.1) is 0 Å².